The topological polar surface area (TPSA) is 55.6 Å². The van der Waals surface area contributed by atoms with Gasteiger partial charge in [-0.2, -0.15) is 0 Å². The molecule has 0 aromatic heterocycles. The zero-order valence-corrected chi connectivity index (χ0v) is 12.4. The lowest BCUT2D eigenvalue weighted by Gasteiger charge is -2.30. The van der Waals surface area contributed by atoms with E-state index in [9.17, 15) is 4.79 Å². The minimum absolute atomic E-state index is 0.326. The molecule has 110 valence electrons. The van der Waals surface area contributed by atoms with Gasteiger partial charge in [0, 0.05) is 18.8 Å². The maximum Gasteiger partial charge on any atom is 0.340 e. The number of carbonyl (C=O) groups excluding carboxylic acids is 1. The van der Waals surface area contributed by atoms with Gasteiger partial charge in [-0.25, -0.2) is 4.79 Å². The van der Waals surface area contributed by atoms with Crippen molar-refractivity contribution in [1.29, 1.82) is 0 Å². The molecule has 0 spiro atoms. The molecule has 20 heavy (non-hydrogen) atoms. The van der Waals surface area contributed by atoms with Gasteiger partial charge in [-0.1, -0.05) is 25.7 Å². The van der Waals surface area contributed by atoms with Crippen molar-refractivity contribution in [2.45, 2.75) is 44.6 Å². The van der Waals surface area contributed by atoms with Gasteiger partial charge in [0.15, 0.2) is 0 Å². The van der Waals surface area contributed by atoms with E-state index in [0.29, 0.717) is 17.3 Å². The Bertz CT molecular complexity index is 466. The number of ether oxygens (including phenoxy) is 1. The van der Waals surface area contributed by atoms with Crippen molar-refractivity contribution >= 4 is 17.3 Å². The Kier molecular flexibility index (Phi) is 4.88. The third kappa shape index (κ3) is 3.24. The predicted molar refractivity (Wildman–Crippen MR) is 82.1 cm³/mol. The minimum Gasteiger partial charge on any atom is -0.465 e. The molecule has 1 aliphatic rings. The monoisotopic (exact) mass is 276 g/mol. The van der Waals surface area contributed by atoms with Gasteiger partial charge in [0.1, 0.15) is 0 Å². The Balaban J connectivity index is 2.28. The highest BCUT2D eigenvalue weighted by Crippen LogP contribution is 2.29. The second-order valence-electron chi connectivity index (χ2n) is 5.52. The van der Waals surface area contributed by atoms with E-state index < -0.39 is 0 Å². The number of rotatable bonds is 3. The van der Waals surface area contributed by atoms with E-state index in [1.807, 2.05) is 12.1 Å². The number of esters is 1. The zero-order valence-electron chi connectivity index (χ0n) is 12.4. The van der Waals surface area contributed by atoms with Crippen molar-refractivity contribution < 1.29 is 9.53 Å². The van der Waals surface area contributed by atoms with Gasteiger partial charge >= 0.3 is 5.97 Å². The van der Waals surface area contributed by atoms with E-state index in [1.54, 1.807) is 6.07 Å². The Morgan fingerprint density at radius 2 is 1.90 bits per heavy atom. The van der Waals surface area contributed by atoms with Crippen LogP contribution in [0.5, 0.6) is 0 Å². The molecule has 4 heteroatoms. The molecule has 0 radical (unpaired) electrons. The second-order valence-corrected chi connectivity index (χ2v) is 5.52. The molecule has 2 N–H and O–H groups in total. The highest BCUT2D eigenvalue weighted by Gasteiger charge is 2.22. The van der Waals surface area contributed by atoms with E-state index in [0.717, 1.165) is 5.69 Å². The third-order valence-corrected chi connectivity index (χ3v) is 4.18. The van der Waals surface area contributed by atoms with Crippen molar-refractivity contribution in [3.8, 4) is 0 Å². The lowest BCUT2D eigenvalue weighted by atomic mass is 10.0. The first-order valence-corrected chi connectivity index (χ1v) is 7.34. The summed E-state index contributed by atoms with van der Waals surface area (Å²) in [7, 11) is 3.47. The van der Waals surface area contributed by atoms with Crippen LogP contribution in [0.2, 0.25) is 0 Å². The van der Waals surface area contributed by atoms with Crippen molar-refractivity contribution in [1.82, 2.24) is 0 Å². The summed E-state index contributed by atoms with van der Waals surface area (Å²) >= 11 is 0. The highest BCUT2D eigenvalue weighted by atomic mass is 16.5. The number of methoxy groups -OCH3 is 1. The van der Waals surface area contributed by atoms with Crippen LogP contribution in [0.1, 0.15) is 48.9 Å². The molecule has 0 aliphatic heterocycles. The molecule has 1 fully saturated rings. The molecule has 2 rings (SSSR count). The number of benzene rings is 1. The number of hydrogen-bond donors (Lipinski definition) is 1. The van der Waals surface area contributed by atoms with Crippen LogP contribution >= 0.6 is 0 Å². The Hall–Kier alpha value is -1.71. The maximum absolute atomic E-state index is 11.9. The molecule has 1 saturated carbocycles. The summed E-state index contributed by atoms with van der Waals surface area (Å²) in [6.45, 7) is 0. The second kappa shape index (κ2) is 6.64. The first-order chi connectivity index (χ1) is 9.63. The molecular formula is C16H24N2O2. The lowest BCUT2D eigenvalue weighted by Crippen LogP contribution is -2.32. The summed E-state index contributed by atoms with van der Waals surface area (Å²) in [6.07, 6.45) is 7.52. The van der Waals surface area contributed by atoms with Crippen LogP contribution in [0, 0.1) is 0 Å². The van der Waals surface area contributed by atoms with Gasteiger partial charge in [-0.3, -0.25) is 0 Å². The largest absolute Gasteiger partial charge is 0.465 e. The Labute approximate surface area is 120 Å². The van der Waals surface area contributed by atoms with Gasteiger partial charge in [0.25, 0.3) is 0 Å². The summed E-state index contributed by atoms with van der Waals surface area (Å²) in [5.41, 5.74) is 7.85. The number of nitrogens with zero attached hydrogens (tertiary/aromatic N) is 1. The molecule has 0 unspecified atom stereocenters. The van der Waals surface area contributed by atoms with E-state index in [2.05, 4.69) is 11.9 Å². The zero-order chi connectivity index (χ0) is 14.5. The maximum atomic E-state index is 11.9. The first-order valence-electron chi connectivity index (χ1n) is 7.34. The molecular weight excluding hydrogens is 252 g/mol. The summed E-state index contributed by atoms with van der Waals surface area (Å²) in [5, 5.41) is 0. The predicted octanol–water partition coefficient (Wildman–Crippen LogP) is 3.21. The number of hydrogen-bond acceptors (Lipinski definition) is 4. The van der Waals surface area contributed by atoms with Crippen LogP contribution in [0.15, 0.2) is 18.2 Å². The standard InChI is InChI=1S/C16H24N2O2/c1-18(13-7-5-3-4-6-8-13)15-10-9-12(17)11-14(15)16(19)20-2/h9-11,13H,3-8,17H2,1-2H3. The molecule has 0 heterocycles. The molecule has 0 atom stereocenters. The van der Waals surface area contributed by atoms with Crippen LogP contribution in [-0.4, -0.2) is 26.2 Å². The number of carbonyl (C=O) groups is 1. The Morgan fingerprint density at radius 1 is 1.25 bits per heavy atom. The van der Waals surface area contributed by atoms with Crippen LogP contribution in [-0.2, 0) is 4.74 Å². The summed E-state index contributed by atoms with van der Waals surface area (Å²) in [5.74, 6) is -0.326. The normalized spacial score (nSPS) is 16.5. The summed E-state index contributed by atoms with van der Waals surface area (Å²) in [4.78, 5) is 14.2. The fourth-order valence-corrected chi connectivity index (χ4v) is 2.98. The number of nitrogen functional groups attached to an aromatic ring is 1. The smallest absolute Gasteiger partial charge is 0.340 e. The molecule has 1 aromatic carbocycles. The molecule has 0 saturated heterocycles. The molecule has 0 amide bonds. The van der Waals surface area contributed by atoms with Gasteiger partial charge < -0.3 is 15.4 Å². The minimum atomic E-state index is -0.326. The number of anilines is 2. The van der Waals surface area contributed by atoms with Crippen LogP contribution < -0.4 is 10.6 Å². The van der Waals surface area contributed by atoms with Crippen LogP contribution in [0.4, 0.5) is 11.4 Å². The summed E-state index contributed by atoms with van der Waals surface area (Å²) in [6, 6.07) is 5.96. The Morgan fingerprint density at radius 3 is 2.50 bits per heavy atom. The van der Waals surface area contributed by atoms with Crippen LogP contribution in [0.3, 0.4) is 0 Å². The van der Waals surface area contributed by atoms with Crippen molar-refractivity contribution in [2.24, 2.45) is 0 Å². The van der Waals surface area contributed by atoms with Crippen LogP contribution in [0.25, 0.3) is 0 Å². The van der Waals surface area contributed by atoms with E-state index in [1.165, 1.54) is 45.6 Å². The lowest BCUT2D eigenvalue weighted by molar-refractivity contribution is 0.0601. The fourth-order valence-electron chi connectivity index (χ4n) is 2.98. The van der Waals surface area contributed by atoms with Gasteiger partial charge in [-0.05, 0) is 31.0 Å². The average Bonchev–Trinajstić information content (AvgIpc) is 2.74. The van der Waals surface area contributed by atoms with Crippen molar-refractivity contribution in [3.63, 3.8) is 0 Å². The average molecular weight is 276 g/mol. The van der Waals surface area contributed by atoms with Gasteiger partial charge in [0.2, 0.25) is 0 Å². The van der Waals surface area contributed by atoms with Gasteiger partial charge in [-0.15, -0.1) is 0 Å². The van der Waals surface area contributed by atoms with E-state index in [-0.39, 0.29) is 5.97 Å². The van der Waals surface area contributed by atoms with E-state index in [4.69, 9.17) is 10.5 Å². The molecule has 4 nitrogen and oxygen atoms in total. The fraction of sp³-hybridized carbons (Fsp3) is 0.562. The quantitative estimate of drug-likeness (QED) is 0.523. The number of nitrogens with two attached hydrogens (primary N) is 1. The van der Waals surface area contributed by atoms with E-state index >= 15 is 0 Å². The van der Waals surface area contributed by atoms with Gasteiger partial charge in [0.05, 0.1) is 18.4 Å². The SMILES string of the molecule is COC(=O)c1cc(N)ccc1N(C)C1CCCCCC1. The molecule has 1 aromatic rings. The highest BCUT2D eigenvalue weighted by molar-refractivity contribution is 5.97. The van der Waals surface area contributed by atoms with Crippen molar-refractivity contribution in [2.75, 3.05) is 24.8 Å². The third-order valence-electron chi connectivity index (χ3n) is 4.18. The van der Waals surface area contributed by atoms with Crippen molar-refractivity contribution in [3.05, 3.63) is 23.8 Å². The molecule has 1 aliphatic carbocycles. The molecule has 0 bridgehead atoms. The summed E-state index contributed by atoms with van der Waals surface area (Å²) < 4.78 is 4.87. The first kappa shape index (κ1) is 14.7.